The number of methoxy groups -OCH3 is 1. The Labute approximate surface area is 122 Å². The molecule has 0 saturated carbocycles. The predicted octanol–water partition coefficient (Wildman–Crippen LogP) is 0.543. The lowest BCUT2D eigenvalue weighted by Crippen LogP contribution is -2.50. The zero-order chi connectivity index (χ0) is 15.4. The Hall–Kier alpha value is -0.660. The standard InChI is InChI=1S/C13H26N2O4S/c1-13(2,3)11-20(17,18)15-9-7-14(8-10-15)6-5-12(16)19-4/h5-11H2,1-4H3. The van der Waals surface area contributed by atoms with Crippen LogP contribution in [0.15, 0.2) is 0 Å². The highest BCUT2D eigenvalue weighted by atomic mass is 32.2. The second kappa shape index (κ2) is 6.87. The molecule has 1 heterocycles. The molecule has 0 N–H and O–H groups in total. The quantitative estimate of drug-likeness (QED) is 0.694. The van der Waals surface area contributed by atoms with Crippen LogP contribution in [0.4, 0.5) is 0 Å². The molecule has 1 fully saturated rings. The molecular weight excluding hydrogens is 280 g/mol. The first-order valence-corrected chi connectivity index (χ1v) is 8.52. The molecule has 0 radical (unpaired) electrons. The van der Waals surface area contributed by atoms with Gasteiger partial charge >= 0.3 is 5.97 Å². The first-order chi connectivity index (χ1) is 9.14. The van der Waals surface area contributed by atoms with Gasteiger partial charge in [0.15, 0.2) is 0 Å². The van der Waals surface area contributed by atoms with Crippen molar-refractivity contribution in [3.8, 4) is 0 Å². The first kappa shape index (κ1) is 17.4. The number of carbonyl (C=O) groups excluding carboxylic acids is 1. The third kappa shape index (κ3) is 5.76. The Morgan fingerprint density at radius 1 is 1.15 bits per heavy atom. The van der Waals surface area contributed by atoms with Gasteiger partial charge in [-0.15, -0.1) is 0 Å². The number of nitrogens with zero attached hydrogens (tertiary/aromatic N) is 2. The maximum absolute atomic E-state index is 12.3. The maximum Gasteiger partial charge on any atom is 0.306 e. The predicted molar refractivity (Wildman–Crippen MR) is 77.9 cm³/mol. The SMILES string of the molecule is COC(=O)CCN1CCN(S(=O)(=O)CC(C)(C)C)CC1. The monoisotopic (exact) mass is 306 g/mol. The third-order valence-corrected chi connectivity index (χ3v) is 5.58. The molecule has 7 heteroatoms. The molecule has 1 aliphatic rings. The van der Waals surface area contributed by atoms with Crippen LogP contribution in [0.25, 0.3) is 0 Å². The smallest absolute Gasteiger partial charge is 0.306 e. The van der Waals surface area contributed by atoms with Crippen molar-refractivity contribution in [1.29, 1.82) is 0 Å². The van der Waals surface area contributed by atoms with Crippen molar-refractivity contribution in [3.05, 3.63) is 0 Å². The maximum atomic E-state index is 12.3. The van der Waals surface area contributed by atoms with Crippen LogP contribution >= 0.6 is 0 Å². The van der Waals surface area contributed by atoms with Crippen LogP contribution in [-0.2, 0) is 19.6 Å². The summed E-state index contributed by atoms with van der Waals surface area (Å²) in [5.74, 6) is -0.0601. The molecule has 0 aromatic heterocycles. The van der Waals surface area contributed by atoms with Crippen molar-refractivity contribution in [2.45, 2.75) is 27.2 Å². The van der Waals surface area contributed by atoms with E-state index in [4.69, 9.17) is 0 Å². The molecule has 0 atom stereocenters. The van der Waals surface area contributed by atoms with Crippen molar-refractivity contribution in [1.82, 2.24) is 9.21 Å². The van der Waals surface area contributed by atoms with Crippen LogP contribution < -0.4 is 0 Å². The topological polar surface area (TPSA) is 66.9 Å². The average Bonchev–Trinajstić information content (AvgIpc) is 2.33. The Bertz CT molecular complexity index is 420. The molecule has 0 aromatic carbocycles. The molecule has 0 aromatic rings. The van der Waals surface area contributed by atoms with Gasteiger partial charge in [0.25, 0.3) is 0 Å². The Morgan fingerprint density at radius 2 is 1.70 bits per heavy atom. The molecule has 0 aliphatic carbocycles. The van der Waals surface area contributed by atoms with Gasteiger partial charge < -0.3 is 9.64 Å². The summed E-state index contributed by atoms with van der Waals surface area (Å²) in [5, 5.41) is 0. The highest BCUT2D eigenvalue weighted by Crippen LogP contribution is 2.19. The fourth-order valence-corrected chi connectivity index (χ4v) is 4.22. The zero-order valence-corrected chi connectivity index (χ0v) is 13.7. The summed E-state index contributed by atoms with van der Waals surface area (Å²) in [5.41, 5.74) is -0.235. The van der Waals surface area contributed by atoms with Crippen LogP contribution in [0.5, 0.6) is 0 Å². The minimum absolute atomic E-state index is 0.169. The van der Waals surface area contributed by atoms with Gasteiger partial charge in [0.2, 0.25) is 10.0 Å². The van der Waals surface area contributed by atoms with Crippen molar-refractivity contribution in [2.75, 3.05) is 45.6 Å². The molecule has 118 valence electrons. The summed E-state index contributed by atoms with van der Waals surface area (Å²) < 4.78 is 30.7. The van der Waals surface area contributed by atoms with Crippen LogP contribution in [-0.4, -0.2) is 69.2 Å². The summed E-state index contributed by atoms with van der Waals surface area (Å²) in [7, 11) is -1.81. The number of hydrogen-bond acceptors (Lipinski definition) is 5. The number of ether oxygens (including phenoxy) is 1. The largest absolute Gasteiger partial charge is 0.469 e. The number of sulfonamides is 1. The molecule has 6 nitrogen and oxygen atoms in total. The van der Waals surface area contributed by atoms with Gasteiger partial charge in [-0.1, -0.05) is 20.8 Å². The van der Waals surface area contributed by atoms with E-state index >= 15 is 0 Å². The average molecular weight is 306 g/mol. The van der Waals surface area contributed by atoms with E-state index in [1.807, 2.05) is 20.8 Å². The second-order valence-corrected chi connectivity index (χ2v) is 8.35. The van der Waals surface area contributed by atoms with Crippen LogP contribution in [0, 0.1) is 5.41 Å². The third-order valence-electron chi connectivity index (χ3n) is 3.20. The van der Waals surface area contributed by atoms with Gasteiger partial charge in [0.1, 0.15) is 0 Å². The highest BCUT2D eigenvalue weighted by molar-refractivity contribution is 7.89. The van der Waals surface area contributed by atoms with E-state index in [-0.39, 0.29) is 17.1 Å². The molecule has 1 aliphatic heterocycles. The lowest BCUT2D eigenvalue weighted by atomic mass is 10.0. The lowest BCUT2D eigenvalue weighted by Gasteiger charge is -2.35. The minimum Gasteiger partial charge on any atom is -0.469 e. The van der Waals surface area contributed by atoms with E-state index in [0.717, 1.165) is 0 Å². The van der Waals surface area contributed by atoms with Crippen LogP contribution in [0.1, 0.15) is 27.2 Å². The molecule has 0 amide bonds. The molecule has 0 spiro atoms. The summed E-state index contributed by atoms with van der Waals surface area (Å²) in [6.45, 7) is 8.74. The van der Waals surface area contributed by atoms with Crippen LogP contribution in [0.2, 0.25) is 0 Å². The van der Waals surface area contributed by atoms with Crippen LogP contribution in [0.3, 0.4) is 0 Å². The molecular formula is C13H26N2O4S. The van der Waals surface area contributed by atoms with E-state index < -0.39 is 10.0 Å². The number of piperazine rings is 1. The summed E-state index contributed by atoms with van der Waals surface area (Å²) in [4.78, 5) is 13.2. The highest BCUT2D eigenvalue weighted by Gasteiger charge is 2.30. The van der Waals surface area contributed by atoms with Gasteiger partial charge in [-0.3, -0.25) is 4.79 Å². The van der Waals surface area contributed by atoms with E-state index in [1.54, 1.807) is 4.31 Å². The number of rotatable bonds is 5. The number of hydrogen-bond donors (Lipinski definition) is 0. The summed E-state index contributed by atoms with van der Waals surface area (Å²) in [6.07, 6.45) is 0.352. The van der Waals surface area contributed by atoms with Crippen molar-refractivity contribution < 1.29 is 17.9 Å². The zero-order valence-electron chi connectivity index (χ0n) is 12.9. The Kier molecular flexibility index (Phi) is 5.97. The fraction of sp³-hybridized carbons (Fsp3) is 0.923. The molecule has 0 unspecified atom stereocenters. The minimum atomic E-state index is -3.19. The first-order valence-electron chi connectivity index (χ1n) is 6.91. The van der Waals surface area contributed by atoms with Gasteiger partial charge in [-0.05, 0) is 5.41 Å². The van der Waals surface area contributed by atoms with Crippen molar-refractivity contribution in [2.24, 2.45) is 5.41 Å². The van der Waals surface area contributed by atoms with Gasteiger partial charge in [0, 0.05) is 32.7 Å². The Morgan fingerprint density at radius 3 is 2.15 bits per heavy atom. The fourth-order valence-electron chi connectivity index (χ4n) is 2.22. The molecule has 1 rings (SSSR count). The van der Waals surface area contributed by atoms with E-state index in [1.165, 1.54) is 7.11 Å². The van der Waals surface area contributed by atoms with Gasteiger partial charge in [-0.2, -0.15) is 4.31 Å². The van der Waals surface area contributed by atoms with E-state index in [2.05, 4.69) is 9.64 Å². The number of carbonyl (C=O) groups is 1. The van der Waals surface area contributed by atoms with E-state index in [0.29, 0.717) is 39.1 Å². The number of esters is 1. The molecule has 0 bridgehead atoms. The van der Waals surface area contributed by atoms with Crippen molar-refractivity contribution >= 4 is 16.0 Å². The van der Waals surface area contributed by atoms with E-state index in [9.17, 15) is 13.2 Å². The Balaban J connectivity index is 2.44. The summed E-state index contributed by atoms with van der Waals surface area (Å²) >= 11 is 0. The normalized spacial score (nSPS) is 19.0. The second-order valence-electron chi connectivity index (χ2n) is 6.38. The van der Waals surface area contributed by atoms with Gasteiger partial charge in [0.05, 0.1) is 19.3 Å². The van der Waals surface area contributed by atoms with Crippen molar-refractivity contribution in [3.63, 3.8) is 0 Å². The summed E-state index contributed by atoms with van der Waals surface area (Å²) in [6, 6.07) is 0. The molecule has 1 saturated heterocycles. The van der Waals surface area contributed by atoms with Gasteiger partial charge in [-0.25, -0.2) is 8.42 Å². The lowest BCUT2D eigenvalue weighted by molar-refractivity contribution is -0.141. The molecule has 20 heavy (non-hydrogen) atoms.